The molecule has 19 heavy (non-hydrogen) atoms. The summed E-state index contributed by atoms with van der Waals surface area (Å²) >= 11 is 7.63. The molecule has 0 aliphatic carbocycles. The summed E-state index contributed by atoms with van der Waals surface area (Å²) in [6.07, 6.45) is 1.99. The number of rotatable bonds is 3. The Morgan fingerprint density at radius 2 is 1.89 bits per heavy atom. The second-order valence-corrected chi connectivity index (χ2v) is 5.21. The molecular formula is C14H13ClN2OS. The smallest absolute Gasteiger partial charge is 0.255 e. The minimum atomic E-state index is -0.208. The van der Waals surface area contributed by atoms with E-state index in [9.17, 15) is 4.79 Å². The maximum absolute atomic E-state index is 12.1. The van der Waals surface area contributed by atoms with E-state index < -0.39 is 0 Å². The average molecular weight is 293 g/mol. The summed E-state index contributed by atoms with van der Waals surface area (Å²) in [7, 11) is 0. The van der Waals surface area contributed by atoms with Gasteiger partial charge in [-0.2, -0.15) is 0 Å². The maximum atomic E-state index is 12.1. The van der Waals surface area contributed by atoms with Gasteiger partial charge >= 0.3 is 0 Å². The number of nitrogens with two attached hydrogens (primary N) is 1. The van der Waals surface area contributed by atoms with Crippen molar-refractivity contribution in [2.45, 2.75) is 4.90 Å². The van der Waals surface area contributed by atoms with E-state index in [2.05, 4.69) is 5.32 Å². The van der Waals surface area contributed by atoms with Crippen LogP contribution < -0.4 is 11.1 Å². The van der Waals surface area contributed by atoms with E-state index in [0.29, 0.717) is 22.0 Å². The molecule has 0 heterocycles. The number of carbonyl (C=O) groups excluding carboxylic acids is 1. The summed E-state index contributed by atoms with van der Waals surface area (Å²) < 4.78 is 0. The fourth-order valence-corrected chi connectivity index (χ4v) is 2.15. The van der Waals surface area contributed by atoms with E-state index >= 15 is 0 Å². The average Bonchev–Trinajstić information content (AvgIpc) is 2.43. The Balaban J connectivity index is 2.18. The van der Waals surface area contributed by atoms with Crippen molar-refractivity contribution in [2.24, 2.45) is 0 Å². The molecule has 3 N–H and O–H groups in total. The van der Waals surface area contributed by atoms with Gasteiger partial charge in [-0.3, -0.25) is 4.79 Å². The zero-order valence-corrected chi connectivity index (χ0v) is 11.9. The number of carbonyl (C=O) groups is 1. The van der Waals surface area contributed by atoms with Crippen molar-refractivity contribution >= 4 is 40.6 Å². The summed E-state index contributed by atoms with van der Waals surface area (Å²) in [6, 6.07) is 12.3. The molecule has 0 aliphatic heterocycles. The molecule has 0 fully saturated rings. The number of hydrogen-bond acceptors (Lipinski definition) is 3. The van der Waals surface area contributed by atoms with Crippen molar-refractivity contribution < 1.29 is 4.79 Å². The number of nitrogen functional groups attached to an aromatic ring is 1. The largest absolute Gasteiger partial charge is 0.399 e. The van der Waals surface area contributed by atoms with Crippen LogP contribution in [0.15, 0.2) is 47.4 Å². The van der Waals surface area contributed by atoms with Crippen LogP contribution in [0.1, 0.15) is 10.4 Å². The molecular weight excluding hydrogens is 280 g/mol. The van der Waals surface area contributed by atoms with Crippen LogP contribution in [0.3, 0.4) is 0 Å². The Hall–Kier alpha value is -1.65. The minimum absolute atomic E-state index is 0.208. The zero-order valence-electron chi connectivity index (χ0n) is 10.3. The van der Waals surface area contributed by atoms with Crippen LogP contribution in [0.25, 0.3) is 0 Å². The predicted molar refractivity (Wildman–Crippen MR) is 82.0 cm³/mol. The summed E-state index contributed by atoms with van der Waals surface area (Å²) in [4.78, 5) is 13.2. The standard InChI is InChI=1S/C14H13ClN2OS/c1-19-11-5-2-9(3-6-11)14(18)17-13-8-10(16)4-7-12(13)15/h2-8H,16H2,1H3,(H,17,18). The molecule has 0 saturated carbocycles. The molecule has 0 unspecified atom stereocenters. The molecule has 0 aromatic heterocycles. The highest BCUT2D eigenvalue weighted by Gasteiger charge is 2.08. The number of amides is 1. The molecule has 2 aromatic rings. The van der Waals surface area contributed by atoms with Crippen molar-refractivity contribution in [3.8, 4) is 0 Å². The number of anilines is 2. The number of halogens is 1. The fraction of sp³-hybridized carbons (Fsp3) is 0.0714. The van der Waals surface area contributed by atoms with E-state index in [0.717, 1.165) is 4.90 Å². The minimum Gasteiger partial charge on any atom is -0.399 e. The molecule has 2 aromatic carbocycles. The highest BCUT2D eigenvalue weighted by molar-refractivity contribution is 7.98. The Bertz CT molecular complexity index is 599. The molecule has 0 bridgehead atoms. The Kier molecular flexibility index (Phi) is 4.35. The van der Waals surface area contributed by atoms with Gasteiger partial charge in [-0.1, -0.05) is 11.6 Å². The lowest BCUT2D eigenvalue weighted by molar-refractivity contribution is 0.102. The quantitative estimate of drug-likeness (QED) is 0.666. The first-order valence-corrected chi connectivity index (χ1v) is 7.21. The van der Waals surface area contributed by atoms with Gasteiger partial charge in [-0.25, -0.2) is 0 Å². The zero-order chi connectivity index (χ0) is 13.8. The molecule has 5 heteroatoms. The number of benzene rings is 2. The summed E-state index contributed by atoms with van der Waals surface area (Å²) in [6.45, 7) is 0. The van der Waals surface area contributed by atoms with E-state index in [1.807, 2.05) is 18.4 Å². The Morgan fingerprint density at radius 3 is 2.53 bits per heavy atom. The molecule has 0 spiro atoms. The van der Waals surface area contributed by atoms with E-state index in [4.69, 9.17) is 17.3 Å². The van der Waals surface area contributed by atoms with Crippen molar-refractivity contribution in [2.75, 3.05) is 17.3 Å². The molecule has 0 saturated heterocycles. The Morgan fingerprint density at radius 1 is 1.21 bits per heavy atom. The van der Waals surface area contributed by atoms with Gasteiger partial charge in [0, 0.05) is 16.1 Å². The highest BCUT2D eigenvalue weighted by Crippen LogP contribution is 2.25. The predicted octanol–water partition coefficient (Wildman–Crippen LogP) is 3.90. The topological polar surface area (TPSA) is 55.1 Å². The van der Waals surface area contributed by atoms with Gasteiger partial charge in [0.1, 0.15) is 0 Å². The molecule has 0 aliphatic rings. The lowest BCUT2D eigenvalue weighted by atomic mass is 10.2. The monoisotopic (exact) mass is 292 g/mol. The highest BCUT2D eigenvalue weighted by atomic mass is 35.5. The van der Waals surface area contributed by atoms with Crippen LogP contribution in [0.5, 0.6) is 0 Å². The van der Waals surface area contributed by atoms with Crippen molar-refractivity contribution in [3.05, 3.63) is 53.1 Å². The molecule has 98 valence electrons. The van der Waals surface area contributed by atoms with Gasteiger partial charge in [0.15, 0.2) is 0 Å². The van der Waals surface area contributed by atoms with Crippen LogP contribution in [-0.2, 0) is 0 Å². The van der Waals surface area contributed by atoms with Gasteiger partial charge in [0.25, 0.3) is 5.91 Å². The van der Waals surface area contributed by atoms with Crippen molar-refractivity contribution in [3.63, 3.8) is 0 Å². The normalized spacial score (nSPS) is 10.2. The van der Waals surface area contributed by atoms with Crippen LogP contribution in [0.4, 0.5) is 11.4 Å². The fourth-order valence-electron chi connectivity index (χ4n) is 1.58. The SMILES string of the molecule is CSc1ccc(C(=O)Nc2cc(N)ccc2Cl)cc1. The third-order valence-electron chi connectivity index (χ3n) is 2.59. The van der Waals surface area contributed by atoms with Crippen LogP contribution in [0.2, 0.25) is 5.02 Å². The first-order chi connectivity index (χ1) is 9.10. The second kappa shape index (κ2) is 5.99. The summed E-state index contributed by atoms with van der Waals surface area (Å²) in [5, 5.41) is 3.21. The summed E-state index contributed by atoms with van der Waals surface area (Å²) in [5.41, 5.74) is 7.31. The van der Waals surface area contributed by atoms with Crippen molar-refractivity contribution in [1.82, 2.24) is 0 Å². The molecule has 0 radical (unpaired) electrons. The maximum Gasteiger partial charge on any atom is 0.255 e. The van der Waals surface area contributed by atoms with Crippen LogP contribution in [-0.4, -0.2) is 12.2 Å². The second-order valence-electron chi connectivity index (χ2n) is 3.92. The van der Waals surface area contributed by atoms with E-state index in [-0.39, 0.29) is 5.91 Å². The summed E-state index contributed by atoms with van der Waals surface area (Å²) in [5.74, 6) is -0.208. The number of thioether (sulfide) groups is 1. The van der Waals surface area contributed by atoms with Crippen LogP contribution >= 0.6 is 23.4 Å². The Labute approximate surface area is 121 Å². The number of hydrogen-bond donors (Lipinski definition) is 2. The molecule has 0 atom stereocenters. The van der Waals surface area contributed by atoms with E-state index in [1.165, 1.54) is 0 Å². The first-order valence-electron chi connectivity index (χ1n) is 5.60. The number of nitrogens with one attached hydrogen (secondary N) is 1. The molecule has 2 rings (SSSR count). The third kappa shape index (κ3) is 3.43. The first kappa shape index (κ1) is 13.8. The van der Waals surface area contributed by atoms with Gasteiger partial charge in [0.05, 0.1) is 10.7 Å². The lowest BCUT2D eigenvalue weighted by Crippen LogP contribution is -2.12. The van der Waals surface area contributed by atoms with Gasteiger partial charge in [0.2, 0.25) is 0 Å². The van der Waals surface area contributed by atoms with Gasteiger partial charge in [-0.05, 0) is 48.7 Å². The van der Waals surface area contributed by atoms with Gasteiger partial charge < -0.3 is 11.1 Å². The van der Waals surface area contributed by atoms with E-state index in [1.54, 1.807) is 42.1 Å². The third-order valence-corrected chi connectivity index (χ3v) is 3.66. The lowest BCUT2D eigenvalue weighted by Gasteiger charge is -2.08. The van der Waals surface area contributed by atoms with Crippen LogP contribution in [0, 0.1) is 0 Å². The van der Waals surface area contributed by atoms with Gasteiger partial charge in [-0.15, -0.1) is 11.8 Å². The molecule has 1 amide bonds. The molecule has 3 nitrogen and oxygen atoms in total. The van der Waals surface area contributed by atoms with Crippen molar-refractivity contribution in [1.29, 1.82) is 0 Å².